The fourth-order valence-corrected chi connectivity index (χ4v) is 1.44. The fraction of sp³-hybridized carbons (Fsp3) is 0.538. The number of carbonyl (C=O) groups is 1. The smallest absolute Gasteiger partial charge is 0.348 e. The molecule has 1 aliphatic rings. The molecule has 1 aliphatic heterocycles. The lowest BCUT2D eigenvalue weighted by Gasteiger charge is -2.24. The molecule has 0 aromatic carbocycles. The summed E-state index contributed by atoms with van der Waals surface area (Å²) in [6.07, 6.45) is 3.58. The van der Waals surface area contributed by atoms with Crippen LogP contribution in [0, 0.1) is 11.3 Å². The molecule has 1 rings (SSSR count). The topological polar surface area (TPSA) is 103 Å². The van der Waals surface area contributed by atoms with Crippen LogP contribution in [0.25, 0.3) is 0 Å². The van der Waals surface area contributed by atoms with Crippen molar-refractivity contribution >= 4 is 5.97 Å². The van der Waals surface area contributed by atoms with Gasteiger partial charge in [-0.15, -0.1) is 0 Å². The Morgan fingerprint density at radius 2 is 2.20 bits per heavy atom. The third kappa shape index (κ3) is 5.84. The van der Waals surface area contributed by atoms with Crippen molar-refractivity contribution < 1.29 is 24.5 Å². The van der Waals surface area contributed by atoms with Gasteiger partial charge in [0.25, 0.3) is 0 Å². The Hall–Kier alpha value is -1.88. The number of morpholine rings is 1. The van der Waals surface area contributed by atoms with Crippen molar-refractivity contribution in [1.82, 2.24) is 4.90 Å². The molecule has 1 saturated heterocycles. The molecule has 0 aromatic rings. The average molecular weight is 282 g/mol. The zero-order valence-corrected chi connectivity index (χ0v) is 11.1. The number of allylic oxidation sites excluding steroid dienone is 2. The number of carbonyl (C=O) groups excluding carboxylic acids is 1. The maximum Gasteiger partial charge on any atom is 0.348 e. The molecule has 0 aromatic heterocycles. The second-order valence-corrected chi connectivity index (χ2v) is 4.12. The first-order chi connectivity index (χ1) is 9.67. The summed E-state index contributed by atoms with van der Waals surface area (Å²) >= 11 is 0. The fourth-order valence-electron chi connectivity index (χ4n) is 1.44. The maximum absolute atomic E-state index is 11.5. The van der Waals surface area contributed by atoms with Crippen LogP contribution in [0.5, 0.6) is 0 Å². The second kappa shape index (κ2) is 9.09. The van der Waals surface area contributed by atoms with Gasteiger partial charge in [0.1, 0.15) is 24.4 Å². The molecule has 0 aliphatic carbocycles. The summed E-state index contributed by atoms with van der Waals surface area (Å²) in [5.74, 6) is -0.827. The minimum absolute atomic E-state index is 0.167. The molecule has 2 N–H and O–H groups in total. The van der Waals surface area contributed by atoms with Gasteiger partial charge < -0.3 is 24.6 Å². The van der Waals surface area contributed by atoms with Gasteiger partial charge in [-0.2, -0.15) is 5.26 Å². The molecule has 1 unspecified atom stereocenters. The lowest BCUT2D eigenvalue weighted by molar-refractivity contribution is -0.142. The van der Waals surface area contributed by atoms with Crippen molar-refractivity contribution in [2.75, 3.05) is 39.5 Å². The highest BCUT2D eigenvalue weighted by atomic mass is 16.5. The third-order valence-corrected chi connectivity index (χ3v) is 2.56. The van der Waals surface area contributed by atoms with E-state index in [1.54, 1.807) is 18.3 Å². The molecule has 1 atom stereocenters. The zero-order valence-electron chi connectivity index (χ0n) is 11.1. The molecule has 20 heavy (non-hydrogen) atoms. The van der Waals surface area contributed by atoms with Gasteiger partial charge in [0, 0.05) is 13.1 Å². The maximum atomic E-state index is 11.5. The quantitative estimate of drug-likeness (QED) is 0.284. The van der Waals surface area contributed by atoms with Gasteiger partial charge in [0.15, 0.2) is 0 Å². The van der Waals surface area contributed by atoms with Gasteiger partial charge in [-0.3, -0.25) is 0 Å². The first kappa shape index (κ1) is 16.2. The minimum atomic E-state index is -1.14. The van der Waals surface area contributed by atoms with E-state index in [2.05, 4.69) is 4.74 Å². The molecule has 0 amide bonds. The largest absolute Gasteiger partial charge is 0.459 e. The monoisotopic (exact) mass is 282 g/mol. The van der Waals surface area contributed by atoms with Crippen LogP contribution in [0.3, 0.4) is 0 Å². The standard InChI is InChI=1S/C13H18N2O5/c14-8-11(13(18)20-10-12(17)9-16)2-1-3-15-4-6-19-7-5-15/h1-3,12,16-17H,4-7,9-10H2/b3-1+,11-2+. The van der Waals surface area contributed by atoms with E-state index in [0.29, 0.717) is 13.2 Å². The normalized spacial score (nSPS) is 17.9. The number of nitriles is 1. The number of ether oxygens (including phenoxy) is 2. The molecule has 110 valence electrons. The van der Waals surface area contributed by atoms with Crippen LogP contribution < -0.4 is 0 Å². The zero-order chi connectivity index (χ0) is 14.8. The van der Waals surface area contributed by atoms with Gasteiger partial charge in [0.05, 0.1) is 19.8 Å². The van der Waals surface area contributed by atoms with Crippen molar-refractivity contribution in [3.05, 3.63) is 23.9 Å². The summed E-state index contributed by atoms with van der Waals surface area (Å²) < 4.78 is 9.87. The highest BCUT2D eigenvalue weighted by Gasteiger charge is 2.12. The highest BCUT2D eigenvalue weighted by molar-refractivity contribution is 5.93. The first-order valence-electron chi connectivity index (χ1n) is 6.23. The lowest BCUT2D eigenvalue weighted by atomic mass is 10.2. The predicted octanol–water partition coefficient (Wildman–Crippen LogP) is -0.821. The SMILES string of the molecule is N#C/C(=C\C=C\N1CCOCC1)C(=O)OCC(O)CO. The summed E-state index contributed by atoms with van der Waals surface area (Å²) in [5.41, 5.74) is -0.167. The number of hydrogen-bond donors (Lipinski definition) is 2. The van der Waals surface area contributed by atoms with Crippen molar-refractivity contribution in [3.8, 4) is 6.07 Å². The van der Waals surface area contributed by atoms with Crippen LogP contribution in [0.15, 0.2) is 23.9 Å². The van der Waals surface area contributed by atoms with Gasteiger partial charge in [-0.05, 0) is 18.4 Å². The Labute approximate surface area is 117 Å². The predicted molar refractivity (Wildman–Crippen MR) is 69.3 cm³/mol. The van der Waals surface area contributed by atoms with Gasteiger partial charge >= 0.3 is 5.97 Å². The van der Waals surface area contributed by atoms with Gasteiger partial charge in [-0.1, -0.05) is 0 Å². The number of esters is 1. The molecule has 1 fully saturated rings. The van der Waals surface area contributed by atoms with E-state index in [0.717, 1.165) is 13.1 Å². The number of nitrogens with zero attached hydrogens (tertiary/aromatic N) is 2. The Morgan fingerprint density at radius 3 is 2.80 bits per heavy atom. The molecule has 7 heteroatoms. The van der Waals surface area contributed by atoms with Crippen molar-refractivity contribution in [2.45, 2.75) is 6.10 Å². The molecule has 7 nitrogen and oxygen atoms in total. The summed E-state index contributed by atoms with van der Waals surface area (Å²) in [7, 11) is 0. The Bertz CT molecular complexity index is 407. The van der Waals surface area contributed by atoms with Crippen molar-refractivity contribution in [1.29, 1.82) is 5.26 Å². The van der Waals surface area contributed by atoms with Gasteiger partial charge in [-0.25, -0.2) is 4.79 Å². The third-order valence-electron chi connectivity index (χ3n) is 2.56. The van der Waals surface area contributed by atoms with Crippen molar-refractivity contribution in [2.24, 2.45) is 0 Å². The summed E-state index contributed by atoms with van der Waals surface area (Å²) in [5, 5.41) is 26.5. The van der Waals surface area contributed by atoms with Crippen LogP contribution in [0.4, 0.5) is 0 Å². The van der Waals surface area contributed by atoms with E-state index in [1.807, 2.05) is 4.90 Å². The molecule has 0 radical (unpaired) electrons. The van der Waals surface area contributed by atoms with Crippen LogP contribution in [-0.4, -0.2) is 66.7 Å². The highest BCUT2D eigenvalue weighted by Crippen LogP contribution is 2.01. The van der Waals surface area contributed by atoms with Crippen LogP contribution in [-0.2, 0) is 14.3 Å². The number of hydrogen-bond acceptors (Lipinski definition) is 7. The summed E-state index contributed by atoms with van der Waals surface area (Å²) in [6.45, 7) is 1.98. The molecule has 0 saturated carbocycles. The molecular formula is C13H18N2O5. The average Bonchev–Trinajstić information content (AvgIpc) is 2.49. The van der Waals surface area contributed by atoms with E-state index < -0.39 is 18.7 Å². The first-order valence-corrected chi connectivity index (χ1v) is 6.23. The van der Waals surface area contributed by atoms with E-state index in [1.165, 1.54) is 6.08 Å². The van der Waals surface area contributed by atoms with E-state index >= 15 is 0 Å². The lowest BCUT2D eigenvalue weighted by Crippen LogP contribution is -2.31. The van der Waals surface area contributed by atoms with Crippen LogP contribution >= 0.6 is 0 Å². The minimum Gasteiger partial charge on any atom is -0.459 e. The van der Waals surface area contributed by atoms with E-state index in [-0.39, 0.29) is 12.2 Å². The molecule has 0 spiro atoms. The Kier molecular flexibility index (Phi) is 7.35. The number of aliphatic hydroxyl groups is 2. The van der Waals surface area contributed by atoms with E-state index in [4.69, 9.17) is 20.2 Å². The van der Waals surface area contributed by atoms with Gasteiger partial charge in [0.2, 0.25) is 0 Å². The summed E-state index contributed by atoms with van der Waals surface area (Å²) in [4.78, 5) is 13.5. The van der Waals surface area contributed by atoms with Crippen LogP contribution in [0.1, 0.15) is 0 Å². The van der Waals surface area contributed by atoms with E-state index in [9.17, 15) is 4.79 Å². The number of aliphatic hydroxyl groups excluding tert-OH is 2. The molecule has 1 heterocycles. The number of rotatable bonds is 6. The Balaban J connectivity index is 2.47. The molecule has 0 bridgehead atoms. The Morgan fingerprint density at radius 1 is 1.50 bits per heavy atom. The summed E-state index contributed by atoms with van der Waals surface area (Å²) in [6, 6.07) is 1.73. The van der Waals surface area contributed by atoms with Crippen LogP contribution in [0.2, 0.25) is 0 Å². The van der Waals surface area contributed by atoms with Crippen molar-refractivity contribution in [3.63, 3.8) is 0 Å². The second-order valence-electron chi connectivity index (χ2n) is 4.12. The molecular weight excluding hydrogens is 264 g/mol.